The molecule has 0 saturated carbocycles. The molecule has 1 aromatic carbocycles. The molecule has 2 rings (SSSR count). The van der Waals surface area contributed by atoms with Crippen molar-refractivity contribution in [2.45, 2.75) is 6.42 Å². The first kappa shape index (κ1) is 13.9. The van der Waals surface area contributed by atoms with E-state index in [1.807, 2.05) is 0 Å². The SMILES string of the molecule is COc1ccc(Cc2nc(C(=O)O)cs2)cc1[N+](=O)[O-]. The number of carbonyl (C=O) groups is 1. The molecule has 0 aliphatic heterocycles. The van der Waals surface area contributed by atoms with Crippen molar-refractivity contribution < 1.29 is 19.6 Å². The first-order chi connectivity index (χ1) is 9.51. The van der Waals surface area contributed by atoms with Crippen LogP contribution in [0.15, 0.2) is 23.6 Å². The number of nitro benzene ring substituents is 1. The highest BCUT2D eigenvalue weighted by atomic mass is 32.1. The van der Waals surface area contributed by atoms with Crippen molar-refractivity contribution in [3.63, 3.8) is 0 Å². The Bertz CT molecular complexity index is 668. The number of ether oxygens (including phenoxy) is 1. The van der Waals surface area contributed by atoms with Gasteiger partial charge in [-0.2, -0.15) is 0 Å². The lowest BCUT2D eigenvalue weighted by Crippen LogP contribution is -1.98. The smallest absolute Gasteiger partial charge is 0.355 e. The number of nitro groups is 1. The zero-order valence-electron chi connectivity index (χ0n) is 10.4. The van der Waals surface area contributed by atoms with Crippen LogP contribution in [0.4, 0.5) is 5.69 Å². The Labute approximate surface area is 117 Å². The van der Waals surface area contributed by atoms with Gasteiger partial charge in [0.25, 0.3) is 0 Å². The van der Waals surface area contributed by atoms with Crippen molar-refractivity contribution in [3.8, 4) is 5.75 Å². The molecule has 1 N–H and O–H groups in total. The second-order valence-corrected chi connectivity index (χ2v) is 4.81. The summed E-state index contributed by atoms with van der Waals surface area (Å²) in [4.78, 5) is 25.1. The van der Waals surface area contributed by atoms with Gasteiger partial charge in [0.05, 0.1) is 17.0 Å². The summed E-state index contributed by atoms with van der Waals surface area (Å²) >= 11 is 1.20. The monoisotopic (exact) mass is 294 g/mol. The number of nitrogens with zero attached hydrogens (tertiary/aromatic N) is 2. The molecule has 8 heteroatoms. The third-order valence-electron chi connectivity index (χ3n) is 2.57. The molecule has 0 aliphatic rings. The van der Waals surface area contributed by atoms with Crippen molar-refractivity contribution in [3.05, 3.63) is 50.0 Å². The first-order valence-corrected chi connectivity index (χ1v) is 6.38. The molecule has 0 bridgehead atoms. The molecular weight excluding hydrogens is 284 g/mol. The van der Waals surface area contributed by atoms with Crippen LogP contribution in [0.3, 0.4) is 0 Å². The Hall–Kier alpha value is -2.48. The van der Waals surface area contributed by atoms with E-state index in [4.69, 9.17) is 9.84 Å². The number of hydrogen-bond acceptors (Lipinski definition) is 6. The maximum absolute atomic E-state index is 10.9. The number of carboxylic acids is 1. The predicted molar refractivity (Wildman–Crippen MR) is 71.5 cm³/mol. The van der Waals surface area contributed by atoms with Crippen molar-refractivity contribution in [1.29, 1.82) is 0 Å². The fraction of sp³-hybridized carbons (Fsp3) is 0.167. The van der Waals surface area contributed by atoms with Crippen LogP contribution < -0.4 is 4.74 Å². The van der Waals surface area contributed by atoms with Gasteiger partial charge in [0.15, 0.2) is 11.4 Å². The lowest BCUT2D eigenvalue weighted by atomic mass is 10.1. The maximum atomic E-state index is 10.9. The summed E-state index contributed by atoms with van der Waals surface area (Å²) in [7, 11) is 1.36. The molecule has 0 unspecified atom stereocenters. The Morgan fingerprint density at radius 3 is 2.85 bits per heavy atom. The summed E-state index contributed by atoms with van der Waals surface area (Å²) in [5, 5.41) is 21.7. The summed E-state index contributed by atoms with van der Waals surface area (Å²) in [5.74, 6) is -0.905. The lowest BCUT2D eigenvalue weighted by Gasteiger charge is -2.03. The van der Waals surface area contributed by atoms with Gasteiger partial charge in [-0.05, 0) is 11.6 Å². The average Bonchev–Trinajstić information content (AvgIpc) is 2.87. The lowest BCUT2D eigenvalue weighted by molar-refractivity contribution is -0.385. The van der Waals surface area contributed by atoms with Crippen molar-refractivity contribution in [1.82, 2.24) is 4.98 Å². The Kier molecular flexibility index (Phi) is 3.94. The van der Waals surface area contributed by atoms with Crippen molar-refractivity contribution in [2.75, 3.05) is 7.11 Å². The van der Waals surface area contributed by atoms with Gasteiger partial charge in [-0.3, -0.25) is 10.1 Å². The van der Waals surface area contributed by atoms with Crippen LogP contribution in [0.1, 0.15) is 21.1 Å². The van der Waals surface area contributed by atoms with Crippen LogP contribution in [0, 0.1) is 10.1 Å². The minimum atomic E-state index is -1.09. The summed E-state index contributed by atoms with van der Waals surface area (Å²) in [5.41, 5.74) is 0.525. The van der Waals surface area contributed by atoms with Gasteiger partial charge in [-0.15, -0.1) is 11.3 Å². The van der Waals surface area contributed by atoms with E-state index in [0.717, 1.165) is 0 Å². The number of rotatable bonds is 5. The van der Waals surface area contributed by atoms with Gasteiger partial charge in [0.1, 0.15) is 0 Å². The van der Waals surface area contributed by atoms with E-state index < -0.39 is 10.9 Å². The van der Waals surface area contributed by atoms with E-state index >= 15 is 0 Å². The number of thiazole rings is 1. The van der Waals surface area contributed by atoms with E-state index in [-0.39, 0.29) is 17.1 Å². The number of carboxylic acid groups (broad SMARTS) is 1. The van der Waals surface area contributed by atoms with E-state index in [1.165, 1.54) is 36.0 Å². The third kappa shape index (κ3) is 2.91. The van der Waals surface area contributed by atoms with Gasteiger partial charge < -0.3 is 9.84 Å². The third-order valence-corrected chi connectivity index (χ3v) is 3.41. The van der Waals surface area contributed by atoms with Gasteiger partial charge in [-0.1, -0.05) is 6.07 Å². The van der Waals surface area contributed by atoms with E-state index in [9.17, 15) is 14.9 Å². The van der Waals surface area contributed by atoms with Crippen molar-refractivity contribution in [2.24, 2.45) is 0 Å². The fourth-order valence-corrected chi connectivity index (χ4v) is 2.46. The Morgan fingerprint density at radius 1 is 1.55 bits per heavy atom. The molecule has 0 saturated heterocycles. The van der Waals surface area contributed by atoms with E-state index in [1.54, 1.807) is 6.07 Å². The summed E-state index contributed by atoms with van der Waals surface area (Å²) in [6, 6.07) is 4.60. The fourth-order valence-electron chi connectivity index (χ4n) is 1.65. The largest absolute Gasteiger partial charge is 0.490 e. The van der Waals surface area contributed by atoms with Crippen LogP contribution in [0.25, 0.3) is 0 Å². The molecule has 1 heterocycles. The number of aromatic nitrogens is 1. The van der Waals surface area contributed by atoms with Crippen LogP contribution in [-0.2, 0) is 6.42 Å². The molecule has 20 heavy (non-hydrogen) atoms. The topological polar surface area (TPSA) is 103 Å². The van der Waals surface area contributed by atoms with Crippen LogP contribution >= 0.6 is 11.3 Å². The van der Waals surface area contributed by atoms with Crippen LogP contribution in [0.2, 0.25) is 0 Å². The minimum absolute atomic E-state index is 0.0204. The normalized spacial score (nSPS) is 10.2. The molecule has 0 atom stereocenters. The second-order valence-electron chi connectivity index (χ2n) is 3.87. The summed E-state index contributed by atoms with van der Waals surface area (Å²) < 4.78 is 4.92. The Morgan fingerprint density at radius 2 is 2.30 bits per heavy atom. The summed E-state index contributed by atoms with van der Waals surface area (Å²) in [6.07, 6.45) is 0.336. The number of benzene rings is 1. The van der Waals surface area contributed by atoms with E-state index in [2.05, 4.69) is 4.98 Å². The minimum Gasteiger partial charge on any atom is -0.490 e. The number of methoxy groups -OCH3 is 1. The molecule has 0 spiro atoms. The molecule has 104 valence electrons. The second kappa shape index (κ2) is 5.66. The van der Waals surface area contributed by atoms with Gasteiger partial charge in [0.2, 0.25) is 0 Å². The quantitative estimate of drug-likeness (QED) is 0.670. The standard InChI is InChI=1S/C12H10N2O5S/c1-19-10-3-2-7(4-9(10)14(17)18)5-11-13-8(6-20-11)12(15)16/h2-4,6H,5H2,1H3,(H,15,16). The van der Waals surface area contributed by atoms with E-state index in [0.29, 0.717) is 17.0 Å². The first-order valence-electron chi connectivity index (χ1n) is 5.50. The molecule has 1 aromatic heterocycles. The molecule has 0 amide bonds. The molecule has 0 aliphatic carbocycles. The van der Waals surface area contributed by atoms with Gasteiger partial charge in [-0.25, -0.2) is 9.78 Å². The molecule has 0 radical (unpaired) electrons. The highest BCUT2D eigenvalue weighted by Gasteiger charge is 2.16. The zero-order valence-corrected chi connectivity index (χ0v) is 11.2. The van der Waals surface area contributed by atoms with Crippen LogP contribution in [-0.4, -0.2) is 28.1 Å². The summed E-state index contributed by atoms with van der Waals surface area (Å²) in [6.45, 7) is 0. The van der Waals surface area contributed by atoms with Gasteiger partial charge in [0, 0.05) is 17.9 Å². The predicted octanol–water partition coefficient (Wildman–Crippen LogP) is 2.35. The zero-order chi connectivity index (χ0) is 14.7. The van der Waals surface area contributed by atoms with Crippen LogP contribution in [0.5, 0.6) is 5.75 Å². The van der Waals surface area contributed by atoms with Gasteiger partial charge >= 0.3 is 11.7 Å². The number of aromatic carboxylic acids is 1. The molecule has 0 fully saturated rings. The average molecular weight is 294 g/mol. The molecule has 7 nitrogen and oxygen atoms in total. The Balaban J connectivity index is 2.26. The highest BCUT2D eigenvalue weighted by molar-refractivity contribution is 7.09. The number of hydrogen-bond donors (Lipinski definition) is 1. The maximum Gasteiger partial charge on any atom is 0.355 e. The molecular formula is C12H10N2O5S. The highest BCUT2D eigenvalue weighted by Crippen LogP contribution is 2.28. The van der Waals surface area contributed by atoms with Crippen molar-refractivity contribution >= 4 is 23.0 Å². The molecule has 2 aromatic rings.